The number of aromatic nitrogens is 4. The molecule has 0 aliphatic rings. The van der Waals surface area contributed by atoms with Crippen LogP contribution in [0.4, 0.5) is 0 Å². The molecule has 0 saturated heterocycles. The lowest BCUT2D eigenvalue weighted by atomic mass is 10.3. The van der Waals surface area contributed by atoms with Crippen molar-refractivity contribution in [2.24, 2.45) is 0 Å². The van der Waals surface area contributed by atoms with Gasteiger partial charge in [-0.05, 0) is 30.8 Å². The lowest BCUT2D eigenvalue weighted by Crippen LogP contribution is -2.31. The number of fused-ring (bicyclic) bond motifs is 1. The van der Waals surface area contributed by atoms with Crippen LogP contribution in [-0.2, 0) is 19.5 Å². The molecule has 19 heavy (non-hydrogen) atoms. The van der Waals surface area contributed by atoms with Gasteiger partial charge in [-0.2, -0.15) is 0 Å². The Balaban J connectivity index is 1.59. The van der Waals surface area contributed by atoms with E-state index in [0.717, 1.165) is 42.8 Å². The fourth-order valence-corrected chi connectivity index (χ4v) is 2.25. The molecule has 0 unspecified atom stereocenters. The fraction of sp³-hybridized carbons (Fsp3) is 0.333. The molecule has 2 aromatic heterocycles. The Hall–Kier alpha value is -2.10. The molecule has 2 heterocycles. The molecule has 4 heteroatoms. The molecular formula is C15H18N4. The second-order valence-corrected chi connectivity index (χ2v) is 4.71. The number of para-hydroxylation sites is 2. The van der Waals surface area contributed by atoms with Crippen molar-refractivity contribution >= 4 is 11.0 Å². The lowest BCUT2D eigenvalue weighted by molar-refractivity contribution is -0.696. The van der Waals surface area contributed by atoms with Crippen molar-refractivity contribution in [3.05, 3.63) is 48.8 Å². The zero-order valence-corrected chi connectivity index (χ0v) is 11.2. The first-order valence-corrected chi connectivity index (χ1v) is 6.78. The first kappa shape index (κ1) is 12.0. The number of hydrogen-bond donors (Lipinski definition) is 0. The highest BCUT2D eigenvalue weighted by molar-refractivity contribution is 5.74. The van der Waals surface area contributed by atoms with Crippen LogP contribution in [0.1, 0.15) is 19.2 Å². The van der Waals surface area contributed by atoms with Crippen LogP contribution in [0.3, 0.4) is 0 Å². The van der Waals surface area contributed by atoms with Crippen molar-refractivity contribution in [2.45, 2.75) is 32.9 Å². The highest BCUT2D eigenvalue weighted by Gasteiger charge is 2.01. The van der Waals surface area contributed by atoms with E-state index in [9.17, 15) is 0 Å². The van der Waals surface area contributed by atoms with E-state index >= 15 is 0 Å². The van der Waals surface area contributed by atoms with Gasteiger partial charge in [-0.3, -0.25) is 0 Å². The molecule has 3 aromatic rings. The highest BCUT2D eigenvalue weighted by atomic mass is 15.1. The summed E-state index contributed by atoms with van der Waals surface area (Å²) in [4.78, 5) is 9.08. The molecule has 0 atom stereocenters. The average molecular weight is 254 g/mol. The zero-order valence-electron chi connectivity index (χ0n) is 11.2. The van der Waals surface area contributed by atoms with E-state index in [1.54, 1.807) is 0 Å². The molecule has 1 aromatic carbocycles. The number of benzene rings is 1. The van der Waals surface area contributed by atoms with E-state index in [-0.39, 0.29) is 0 Å². The summed E-state index contributed by atoms with van der Waals surface area (Å²) in [5, 5.41) is 0. The van der Waals surface area contributed by atoms with Crippen molar-refractivity contribution in [1.29, 1.82) is 0 Å². The highest BCUT2D eigenvalue weighted by Crippen LogP contribution is 2.10. The van der Waals surface area contributed by atoms with Gasteiger partial charge in [0.1, 0.15) is 12.4 Å². The van der Waals surface area contributed by atoms with Crippen LogP contribution >= 0.6 is 0 Å². The number of aryl methyl sites for hydroxylation is 3. The van der Waals surface area contributed by atoms with Crippen LogP contribution in [0.15, 0.2) is 43.0 Å². The van der Waals surface area contributed by atoms with Gasteiger partial charge in [-0.15, -0.1) is 0 Å². The van der Waals surface area contributed by atoms with Crippen LogP contribution < -0.4 is 9.55 Å². The van der Waals surface area contributed by atoms with Crippen LogP contribution in [-0.4, -0.2) is 9.55 Å². The molecule has 4 nitrogen and oxygen atoms in total. The minimum Gasteiger partial charge on any atom is -0.440 e. The second kappa shape index (κ2) is 5.26. The maximum Gasteiger partial charge on any atom is 0.243 e. The van der Waals surface area contributed by atoms with Crippen molar-refractivity contribution in [3.63, 3.8) is 0 Å². The maximum atomic E-state index is 4.54. The van der Waals surface area contributed by atoms with E-state index in [4.69, 9.17) is 0 Å². The third-order valence-electron chi connectivity index (χ3n) is 3.31. The standard InChI is InChI=1S/C15H18N4/c1-2-18-10-11-19(12-18)9-5-8-15-16-13-6-3-4-7-14(13)17-15/h3-4,6-7,10-12H,2,5,8-9H2,1H3. The number of hydrogen-bond acceptors (Lipinski definition) is 1. The van der Waals surface area contributed by atoms with Gasteiger partial charge in [-0.1, -0.05) is 30.1 Å². The summed E-state index contributed by atoms with van der Waals surface area (Å²) in [6, 6.07) is 8.04. The summed E-state index contributed by atoms with van der Waals surface area (Å²) < 4.78 is 4.39. The average Bonchev–Trinajstić information content (AvgIpc) is 3.04. The minimum atomic E-state index is 0.930. The predicted molar refractivity (Wildman–Crippen MR) is 73.7 cm³/mol. The molecule has 0 N–H and O–H groups in total. The van der Waals surface area contributed by atoms with E-state index in [0.29, 0.717) is 0 Å². The first-order valence-electron chi connectivity index (χ1n) is 6.78. The molecule has 0 spiro atoms. The van der Waals surface area contributed by atoms with E-state index < -0.39 is 0 Å². The van der Waals surface area contributed by atoms with Crippen LogP contribution in [0.5, 0.6) is 0 Å². The molecular weight excluding hydrogens is 236 g/mol. The van der Waals surface area contributed by atoms with Crippen LogP contribution in [0, 0.1) is 0 Å². The van der Waals surface area contributed by atoms with Gasteiger partial charge in [0.25, 0.3) is 0 Å². The van der Waals surface area contributed by atoms with Crippen molar-refractivity contribution in [1.82, 2.24) is 14.5 Å². The van der Waals surface area contributed by atoms with Crippen LogP contribution in [0.2, 0.25) is 0 Å². The molecule has 0 bridgehead atoms. The zero-order chi connectivity index (χ0) is 13.1. The Morgan fingerprint density at radius 1 is 1.32 bits per heavy atom. The van der Waals surface area contributed by atoms with Gasteiger partial charge in [-0.25, -0.2) is 9.13 Å². The van der Waals surface area contributed by atoms with E-state index in [2.05, 4.69) is 44.7 Å². The molecule has 3 rings (SSSR count). The molecule has 0 saturated carbocycles. The van der Waals surface area contributed by atoms with Crippen LogP contribution in [0.25, 0.3) is 11.0 Å². The smallest absolute Gasteiger partial charge is 0.243 e. The summed E-state index contributed by atoms with van der Waals surface area (Å²) in [5.74, 6) is 0.955. The Morgan fingerprint density at radius 2 is 2.21 bits per heavy atom. The summed E-state index contributed by atoms with van der Waals surface area (Å²) >= 11 is 0. The van der Waals surface area contributed by atoms with Crippen molar-refractivity contribution < 1.29 is 4.57 Å². The third-order valence-corrected chi connectivity index (χ3v) is 3.31. The first-order chi connectivity index (χ1) is 9.35. The summed E-state index contributed by atoms with van der Waals surface area (Å²) in [7, 11) is 0. The van der Waals surface area contributed by atoms with Gasteiger partial charge in [0.15, 0.2) is 0 Å². The maximum absolute atomic E-state index is 4.54. The summed E-state index contributed by atoms with van der Waals surface area (Å²) in [5.41, 5.74) is 2.00. The third kappa shape index (κ3) is 2.67. The van der Waals surface area contributed by atoms with E-state index in [1.807, 2.05) is 24.3 Å². The molecule has 0 radical (unpaired) electrons. The van der Waals surface area contributed by atoms with Crippen molar-refractivity contribution in [3.8, 4) is 0 Å². The van der Waals surface area contributed by atoms with Crippen molar-refractivity contribution in [2.75, 3.05) is 0 Å². The SMILES string of the molecule is CCn1cc[n+](CCCc2nc3ccccc3[n-]2)c1. The van der Waals surface area contributed by atoms with Gasteiger partial charge < -0.3 is 9.97 Å². The monoisotopic (exact) mass is 254 g/mol. The quantitative estimate of drug-likeness (QED) is 0.652. The fourth-order valence-electron chi connectivity index (χ4n) is 2.25. The molecule has 0 fully saturated rings. The molecule has 98 valence electrons. The number of rotatable bonds is 5. The number of nitrogens with zero attached hydrogens (tertiary/aromatic N) is 4. The van der Waals surface area contributed by atoms with E-state index in [1.165, 1.54) is 0 Å². The second-order valence-electron chi connectivity index (χ2n) is 4.71. The Labute approximate surface area is 112 Å². The molecule has 0 aliphatic heterocycles. The Bertz CT molecular complexity index is 632. The molecule has 0 aliphatic carbocycles. The van der Waals surface area contributed by atoms with Gasteiger partial charge >= 0.3 is 0 Å². The minimum absolute atomic E-state index is 0.930. The number of imidazole rings is 2. The Kier molecular flexibility index (Phi) is 3.31. The normalized spacial score (nSPS) is 11.2. The topological polar surface area (TPSA) is 35.8 Å². The largest absolute Gasteiger partial charge is 0.440 e. The van der Waals surface area contributed by atoms with Gasteiger partial charge in [0.2, 0.25) is 6.33 Å². The lowest BCUT2D eigenvalue weighted by Gasteiger charge is -2.01. The van der Waals surface area contributed by atoms with Gasteiger partial charge in [0.05, 0.1) is 13.1 Å². The predicted octanol–water partition coefficient (Wildman–Crippen LogP) is 1.93. The summed E-state index contributed by atoms with van der Waals surface area (Å²) in [6.07, 6.45) is 8.36. The molecule has 0 amide bonds. The summed E-state index contributed by atoms with van der Waals surface area (Å²) in [6.45, 7) is 4.18. The Morgan fingerprint density at radius 3 is 3.00 bits per heavy atom. The van der Waals surface area contributed by atoms with Gasteiger partial charge in [0, 0.05) is 0 Å².